The van der Waals surface area contributed by atoms with E-state index in [4.69, 9.17) is 4.52 Å². The lowest BCUT2D eigenvalue weighted by Crippen LogP contribution is -2.42. The Morgan fingerprint density at radius 2 is 2.07 bits per heavy atom. The number of pyridine rings is 1. The van der Waals surface area contributed by atoms with Crippen LogP contribution in [0.5, 0.6) is 0 Å². The van der Waals surface area contributed by atoms with Gasteiger partial charge in [-0.05, 0) is 31.9 Å². The topological polar surface area (TPSA) is 136 Å². The number of sulfonamides is 1. The number of carbonyl (C=O) groups excluding carboxylic acids is 1. The molecule has 4 heterocycles. The van der Waals surface area contributed by atoms with Gasteiger partial charge in [-0.3, -0.25) is 9.20 Å². The van der Waals surface area contributed by atoms with Crippen LogP contribution in [-0.4, -0.2) is 62.7 Å². The summed E-state index contributed by atoms with van der Waals surface area (Å²) in [6.07, 6.45) is 3.99. The summed E-state index contributed by atoms with van der Waals surface area (Å²) in [5, 5.41) is 14.9. The van der Waals surface area contributed by atoms with Gasteiger partial charge in [-0.1, -0.05) is 5.16 Å². The number of fused-ring (bicyclic) bond motifs is 1. The molecular weight excluding hydrogens is 398 g/mol. The van der Waals surface area contributed by atoms with E-state index in [1.165, 1.54) is 10.6 Å². The first-order chi connectivity index (χ1) is 13.8. The van der Waals surface area contributed by atoms with E-state index < -0.39 is 10.0 Å². The first-order valence-electron chi connectivity index (χ1n) is 9.18. The molecule has 0 aliphatic carbocycles. The Morgan fingerprint density at radius 3 is 2.72 bits per heavy atom. The van der Waals surface area contributed by atoms with Crippen LogP contribution in [0.15, 0.2) is 22.9 Å². The summed E-state index contributed by atoms with van der Waals surface area (Å²) >= 11 is 0. The summed E-state index contributed by atoms with van der Waals surface area (Å²) < 4.78 is 31.5. The number of rotatable bonds is 5. The smallest absolute Gasteiger partial charge is 0.258 e. The second kappa shape index (κ2) is 7.52. The Bertz CT molecular complexity index is 1150. The van der Waals surface area contributed by atoms with E-state index >= 15 is 0 Å². The molecule has 3 aromatic rings. The molecule has 0 unspecified atom stereocenters. The Labute approximate surface area is 167 Å². The first-order valence-corrected chi connectivity index (χ1v) is 11.0. The van der Waals surface area contributed by atoms with E-state index in [0.29, 0.717) is 49.1 Å². The van der Waals surface area contributed by atoms with Crippen LogP contribution in [-0.2, 0) is 21.4 Å². The summed E-state index contributed by atoms with van der Waals surface area (Å²) in [6.45, 7) is 2.70. The fraction of sp³-hybridized carbons (Fsp3) is 0.471. The fourth-order valence-electron chi connectivity index (χ4n) is 3.37. The highest BCUT2D eigenvalue weighted by molar-refractivity contribution is 7.88. The molecule has 3 aromatic heterocycles. The highest BCUT2D eigenvalue weighted by Gasteiger charge is 2.28. The van der Waals surface area contributed by atoms with Gasteiger partial charge in [0, 0.05) is 30.8 Å². The molecule has 0 bridgehead atoms. The molecule has 0 atom stereocenters. The SMILES string of the molecule is Cc1noc(-c2ccn3c(CNC(=O)C4CCN(S(C)(=O)=O)CC4)nnc3c2)n1. The predicted octanol–water partition coefficient (Wildman–Crippen LogP) is 0.376. The van der Waals surface area contributed by atoms with E-state index in [0.717, 1.165) is 5.56 Å². The molecule has 4 rings (SSSR count). The van der Waals surface area contributed by atoms with Crippen molar-refractivity contribution < 1.29 is 17.7 Å². The Kier molecular flexibility index (Phi) is 5.04. The van der Waals surface area contributed by atoms with Crippen molar-refractivity contribution in [2.45, 2.75) is 26.3 Å². The monoisotopic (exact) mass is 419 g/mol. The molecular formula is C17H21N7O4S. The van der Waals surface area contributed by atoms with Gasteiger partial charge >= 0.3 is 0 Å². The van der Waals surface area contributed by atoms with E-state index in [1.807, 2.05) is 6.07 Å². The third-order valence-corrected chi connectivity index (χ3v) is 6.27. The second-order valence-corrected chi connectivity index (χ2v) is 9.04. The van der Waals surface area contributed by atoms with Gasteiger partial charge < -0.3 is 9.84 Å². The molecule has 1 aliphatic heterocycles. The van der Waals surface area contributed by atoms with Crippen LogP contribution < -0.4 is 5.32 Å². The summed E-state index contributed by atoms with van der Waals surface area (Å²) in [7, 11) is -3.20. The number of aryl methyl sites for hydroxylation is 1. The zero-order chi connectivity index (χ0) is 20.6. The average Bonchev–Trinajstić information content (AvgIpc) is 3.31. The molecule has 0 radical (unpaired) electrons. The van der Waals surface area contributed by atoms with Crippen LogP contribution >= 0.6 is 0 Å². The Hall–Kier alpha value is -2.86. The molecule has 29 heavy (non-hydrogen) atoms. The number of carbonyl (C=O) groups is 1. The van der Waals surface area contributed by atoms with Crippen molar-refractivity contribution in [3.05, 3.63) is 30.0 Å². The Balaban J connectivity index is 1.39. The van der Waals surface area contributed by atoms with Crippen molar-refractivity contribution in [1.82, 2.24) is 34.4 Å². The number of nitrogens with zero attached hydrogens (tertiary/aromatic N) is 6. The lowest BCUT2D eigenvalue weighted by Gasteiger charge is -2.29. The molecule has 0 spiro atoms. The second-order valence-electron chi connectivity index (χ2n) is 7.06. The van der Waals surface area contributed by atoms with Crippen LogP contribution in [0.1, 0.15) is 24.5 Å². The molecule has 1 saturated heterocycles. The molecule has 1 N–H and O–H groups in total. The van der Waals surface area contributed by atoms with E-state index in [1.54, 1.807) is 23.6 Å². The average molecular weight is 419 g/mol. The van der Waals surface area contributed by atoms with Crippen LogP contribution in [0.25, 0.3) is 17.1 Å². The summed E-state index contributed by atoms with van der Waals surface area (Å²) in [6, 6.07) is 3.60. The van der Waals surface area contributed by atoms with Crippen molar-refractivity contribution >= 4 is 21.6 Å². The maximum absolute atomic E-state index is 12.5. The number of hydrogen-bond donors (Lipinski definition) is 1. The van der Waals surface area contributed by atoms with Crippen molar-refractivity contribution in [2.24, 2.45) is 5.92 Å². The minimum Gasteiger partial charge on any atom is -0.349 e. The van der Waals surface area contributed by atoms with Crippen molar-refractivity contribution in [1.29, 1.82) is 0 Å². The van der Waals surface area contributed by atoms with Gasteiger partial charge in [0.1, 0.15) is 0 Å². The third kappa shape index (κ3) is 4.12. The predicted molar refractivity (Wildman–Crippen MR) is 102 cm³/mol. The van der Waals surface area contributed by atoms with Crippen molar-refractivity contribution in [3.8, 4) is 11.5 Å². The largest absolute Gasteiger partial charge is 0.349 e. The van der Waals surface area contributed by atoms with Crippen LogP contribution in [0.4, 0.5) is 0 Å². The van der Waals surface area contributed by atoms with Gasteiger partial charge in [0.2, 0.25) is 15.9 Å². The highest BCUT2D eigenvalue weighted by Crippen LogP contribution is 2.20. The van der Waals surface area contributed by atoms with Crippen LogP contribution in [0.2, 0.25) is 0 Å². The van der Waals surface area contributed by atoms with Gasteiger partial charge in [0.15, 0.2) is 17.3 Å². The minimum absolute atomic E-state index is 0.104. The normalized spacial score (nSPS) is 16.3. The van der Waals surface area contributed by atoms with Crippen molar-refractivity contribution in [3.63, 3.8) is 0 Å². The number of hydrogen-bond acceptors (Lipinski definition) is 8. The summed E-state index contributed by atoms with van der Waals surface area (Å²) in [5.74, 6) is 1.23. The zero-order valence-electron chi connectivity index (χ0n) is 16.1. The fourth-order valence-corrected chi connectivity index (χ4v) is 4.24. The maximum atomic E-state index is 12.5. The standard InChI is InChI=1S/C17H21N7O4S/c1-11-19-17(28-22-11)13-5-8-24-14(9-13)20-21-15(24)10-18-16(25)12-3-6-23(7-4-12)29(2,26)27/h5,8-9,12H,3-4,6-7,10H2,1-2H3,(H,18,25). The number of nitrogens with one attached hydrogen (secondary N) is 1. The number of piperidine rings is 1. The van der Waals surface area contributed by atoms with Gasteiger partial charge in [0.25, 0.3) is 5.89 Å². The first kappa shape index (κ1) is 19.5. The minimum atomic E-state index is -3.20. The molecule has 0 aromatic carbocycles. The molecule has 0 saturated carbocycles. The van der Waals surface area contributed by atoms with E-state index in [2.05, 4.69) is 25.7 Å². The quantitative estimate of drug-likeness (QED) is 0.627. The van der Waals surface area contributed by atoms with Gasteiger partial charge in [0.05, 0.1) is 12.8 Å². The van der Waals surface area contributed by atoms with Crippen LogP contribution in [0.3, 0.4) is 0 Å². The lowest BCUT2D eigenvalue weighted by molar-refractivity contribution is -0.126. The molecule has 1 aliphatic rings. The number of amides is 1. The van der Waals surface area contributed by atoms with Gasteiger partial charge in [-0.2, -0.15) is 4.98 Å². The molecule has 1 amide bonds. The van der Waals surface area contributed by atoms with Gasteiger partial charge in [-0.25, -0.2) is 12.7 Å². The van der Waals surface area contributed by atoms with Gasteiger partial charge in [-0.15, -0.1) is 10.2 Å². The maximum Gasteiger partial charge on any atom is 0.258 e. The van der Waals surface area contributed by atoms with Crippen LogP contribution in [0, 0.1) is 12.8 Å². The third-order valence-electron chi connectivity index (χ3n) is 4.97. The molecule has 154 valence electrons. The van der Waals surface area contributed by atoms with Crippen molar-refractivity contribution in [2.75, 3.05) is 19.3 Å². The zero-order valence-corrected chi connectivity index (χ0v) is 16.9. The van der Waals surface area contributed by atoms with E-state index in [9.17, 15) is 13.2 Å². The molecule has 12 heteroatoms. The summed E-state index contributed by atoms with van der Waals surface area (Å²) in [4.78, 5) is 16.7. The highest BCUT2D eigenvalue weighted by atomic mass is 32.2. The van der Waals surface area contributed by atoms with E-state index in [-0.39, 0.29) is 18.4 Å². The lowest BCUT2D eigenvalue weighted by atomic mass is 9.97. The Morgan fingerprint density at radius 1 is 1.31 bits per heavy atom. The summed E-state index contributed by atoms with van der Waals surface area (Å²) in [5.41, 5.74) is 1.34. The number of aromatic nitrogens is 5. The molecule has 1 fully saturated rings. The molecule has 11 nitrogen and oxygen atoms in total.